The summed E-state index contributed by atoms with van der Waals surface area (Å²) in [5.41, 5.74) is 7.00. The minimum atomic E-state index is -1.35. The predicted octanol–water partition coefficient (Wildman–Crippen LogP) is 2.42. The second kappa shape index (κ2) is 14.9. The molecule has 0 aliphatic rings. The molecule has 1 rings (SSSR count). The van der Waals surface area contributed by atoms with E-state index in [0.29, 0.717) is 12.0 Å². The van der Waals surface area contributed by atoms with Crippen LogP contribution in [0.3, 0.4) is 0 Å². The molecular formula is C27H42N4O7. The average Bonchev–Trinajstić information content (AvgIpc) is 2.78. The van der Waals surface area contributed by atoms with Gasteiger partial charge in [0.25, 0.3) is 0 Å². The average molecular weight is 535 g/mol. The highest BCUT2D eigenvalue weighted by Crippen LogP contribution is 2.25. The van der Waals surface area contributed by atoms with Crippen molar-refractivity contribution in [1.82, 2.24) is 15.5 Å². The van der Waals surface area contributed by atoms with E-state index < -0.39 is 53.9 Å². The third kappa shape index (κ3) is 10.8. The van der Waals surface area contributed by atoms with Gasteiger partial charge >= 0.3 is 12.1 Å². The number of carbonyl (C=O) groups is 5. The van der Waals surface area contributed by atoms with Crippen LogP contribution in [0.25, 0.3) is 0 Å². The number of esters is 1. The van der Waals surface area contributed by atoms with E-state index in [0.717, 1.165) is 11.1 Å². The molecule has 11 heteroatoms. The minimum absolute atomic E-state index is 0.00797. The molecule has 1 aromatic carbocycles. The third-order valence-electron chi connectivity index (χ3n) is 5.48. The highest BCUT2D eigenvalue weighted by atomic mass is 16.6. The third-order valence-corrected chi connectivity index (χ3v) is 5.48. The van der Waals surface area contributed by atoms with Crippen LogP contribution in [0.2, 0.25) is 0 Å². The fraction of sp³-hybridized carbons (Fsp3) is 0.593. The summed E-state index contributed by atoms with van der Waals surface area (Å²) >= 11 is 0. The first-order valence-corrected chi connectivity index (χ1v) is 12.8. The lowest BCUT2D eigenvalue weighted by Crippen LogP contribution is -2.54. The number of ether oxygens (including phenoxy) is 2. The Balaban J connectivity index is 3.41. The van der Waals surface area contributed by atoms with E-state index in [4.69, 9.17) is 15.2 Å². The van der Waals surface area contributed by atoms with Crippen molar-refractivity contribution in [2.45, 2.75) is 85.4 Å². The number of nitrogens with two attached hydrogens (primary N) is 1. The number of hydrogen-bond acceptors (Lipinski definition) is 7. The van der Waals surface area contributed by atoms with Gasteiger partial charge in [0.15, 0.2) is 0 Å². The van der Waals surface area contributed by atoms with E-state index in [1.54, 1.807) is 33.8 Å². The van der Waals surface area contributed by atoms with Crippen molar-refractivity contribution in [2.75, 3.05) is 19.7 Å². The summed E-state index contributed by atoms with van der Waals surface area (Å²) < 4.78 is 10.2. The fourth-order valence-corrected chi connectivity index (χ4v) is 3.68. The Hall–Kier alpha value is -3.63. The molecule has 212 valence electrons. The first-order chi connectivity index (χ1) is 17.7. The number of carbonyl (C=O) groups excluding carboxylic acids is 5. The van der Waals surface area contributed by atoms with E-state index in [1.807, 2.05) is 32.9 Å². The maximum atomic E-state index is 13.8. The van der Waals surface area contributed by atoms with Crippen molar-refractivity contribution in [3.8, 4) is 0 Å². The quantitative estimate of drug-likeness (QED) is 0.328. The van der Waals surface area contributed by atoms with Gasteiger partial charge in [-0.15, -0.1) is 0 Å². The van der Waals surface area contributed by atoms with Crippen LogP contribution in [0.1, 0.15) is 76.6 Å². The van der Waals surface area contributed by atoms with Crippen molar-refractivity contribution < 1.29 is 33.4 Å². The molecule has 4 N–H and O–H groups in total. The maximum absolute atomic E-state index is 13.8. The number of amides is 4. The van der Waals surface area contributed by atoms with Gasteiger partial charge in [-0.3, -0.25) is 19.2 Å². The molecule has 0 radical (unpaired) electrons. The Morgan fingerprint density at radius 1 is 1.05 bits per heavy atom. The Kier molecular flexibility index (Phi) is 12.7. The summed E-state index contributed by atoms with van der Waals surface area (Å²) in [6, 6.07) is 2.96. The SMILES string of the molecule is CCCN(C(=O)C(CC(N)=O)NC(=O)OC(C)(C)C)C(C(=O)NCCC(=O)OCC)c1ccc(C)c(C)c1. The second-order valence-corrected chi connectivity index (χ2v) is 9.99. The number of benzene rings is 1. The minimum Gasteiger partial charge on any atom is -0.466 e. The monoisotopic (exact) mass is 534 g/mol. The van der Waals surface area contributed by atoms with Gasteiger partial charge in [-0.1, -0.05) is 25.1 Å². The molecule has 0 bridgehead atoms. The number of alkyl carbamates (subject to hydrolysis) is 1. The van der Waals surface area contributed by atoms with Crippen LogP contribution >= 0.6 is 0 Å². The largest absolute Gasteiger partial charge is 0.466 e. The summed E-state index contributed by atoms with van der Waals surface area (Å²) in [5, 5.41) is 5.15. The Labute approximate surface area is 224 Å². The van der Waals surface area contributed by atoms with E-state index in [9.17, 15) is 24.0 Å². The molecule has 0 aliphatic carbocycles. The highest BCUT2D eigenvalue weighted by Gasteiger charge is 2.36. The van der Waals surface area contributed by atoms with Gasteiger partial charge in [0.1, 0.15) is 17.7 Å². The zero-order valence-corrected chi connectivity index (χ0v) is 23.5. The molecule has 11 nitrogen and oxygen atoms in total. The molecule has 38 heavy (non-hydrogen) atoms. The van der Waals surface area contributed by atoms with E-state index in [-0.39, 0.29) is 26.1 Å². The zero-order chi connectivity index (χ0) is 29.0. The molecule has 0 saturated heterocycles. The van der Waals surface area contributed by atoms with Crippen LogP contribution in [0, 0.1) is 13.8 Å². The van der Waals surface area contributed by atoms with Crippen LogP contribution in [0.4, 0.5) is 4.79 Å². The lowest BCUT2D eigenvalue weighted by molar-refractivity contribution is -0.144. The predicted molar refractivity (Wildman–Crippen MR) is 142 cm³/mol. The van der Waals surface area contributed by atoms with Crippen LogP contribution < -0.4 is 16.4 Å². The fourth-order valence-electron chi connectivity index (χ4n) is 3.68. The normalized spacial score (nSPS) is 12.6. The van der Waals surface area contributed by atoms with Crippen LogP contribution in [0.5, 0.6) is 0 Å². The van der Waals surface area contributed by atoms with E-state index in [1.165, 1.54) is 4.90 Å². The Bertz CT molecular complexity index is 1000. The van der Waals surface area contributed by atoms with Crippen LogP contribution in [-0.2, 0) is 28.7 Å². The molecule has 0 aliphatic heterocycles. The molecule has 2 atom stereocenters. The molecule has 0 fully saturated rings. The van der Waals surface area contributed by atoms with Gasteiger partial charge in [0.2, 0.25) is 17.7 Å². The molecule has 0 saturated carbocycles. The molecule has 0 heterocycles. The molecule has 4 amide bonds. The second-order valence-electron chi connectivity index (χ2n) is 9.99. The van der Waals surface area contributed by atoms with Crippen molar-refractivity contribution in [1.29, 1.82) is 0 Å². The van der Waals surface area contributed by atoms with Crippen molar-refractivity contribution in [3.63, 3.8) is 0 Å². The molecule has 0 spiro atoms. The Morgan fingerprint density at radius 3 is 2.24 bits per heavy atom. The maximum Gasteiger partial charge on any atom is 0.408 e. The Morgan fingerprint density at radius 2 is 1.71 bits per heavy atom. The smallest absolute Gasteiger partial charge is 0.408 e. The number of hydrogen-bond donors (Lipinski definition) is 3. The van der Waals surface area contributed by atoms with E-state index >= 15 is 0 Å². The van der Waals surface area contributed by atoms with Gasteiger partial charge in [-0.25, -0.2) is 4.79 Å². The number of aryl methyl sites for hydroxylation is 2. The first kappa shape index (κ1) is 32.4. The standard InChI is InChI=1S/C27H42N4O7/c1-8-14-31(25(35)20(16-21(28)32)30-26(36)38-27(5,6)7)23(19-11-10-17(3)18(4)15-19)24(34)29-13-12-22(33)37-9-2/h10-11,15,20,23H,8-9,12-14,16H2,1-7H3,(H2,28,32)(H,29,34)(H,30,36). The zero-order valence-electron chi connectivity index (χ0n) is 23.5. The highest BCUT2D eigenvalue weighted by molar-refractivity contribution is 5.94. The van der Waals surface area contributed by atoms with Gasteiger partial charge in [0.05, 0.1) is 19.4 Å². The van der Waals surface area contributed by atoms with Gasteiger partial charge in [0, 0.05) is 13.1 Å². The lowest BCUT2D eigenvalue weighted by atomic mass is 9.98. The van der Waals surface area contributed by atoms with Gasteiger partial charge in [-0.05, 0) is 64.7 Å². The van der Waals surface area contributed by atoms with Crippen LogP contribution in [0.15, 0.2) is 18.2 Å². The summed E-state index contributed by atoms with van der Waals surface area (Å²) in [6.45, 7) is 12.7. The van der Waals surface area contributed by atoms with Gasteiger partial charge in [-0.2, -0.15) is 0 Å². The number of rotatable bonds is 13. The van der Waals surface area contributed by atoms with Gasteiger partial charge < -0.3 is 30.7 Å². The summed E-state index contributed by atoms with van der Waals surface area (Å²) in [4.78, 5) is 64.6. The molecular weight excluding hydrogens is 492 g/mol. The number of primary amides is 1. The van der Waals surface area contributed by atoms with Crippen molar-refractivity contribution in [2.24, 2.45) is 5.73 Å². The molecule has 1 aromatic rings. The van der Waals surface area contributed by atoms with Crippen molar-refractivity contribution >= 4 is 29.8 Å². The molecule has 0 aromatic heterocycles. The number of nitrogens with one attached hydrogen (secondary N) is 2. The topological polar surface area (TPSA) is 157 Å². The first-order valence-electron chi connectivity index (χ1n) is 12.8. The van der Waals surface area contributed by atoms with E-state index in [2.05, 4.69) is 10.6 Å². The van der Waals surface area contributed by atoms with Crippen molar-refractivity contribution in [3.05, 3.63) is 34.9 Å². The summed E-state index contributed by atoms with van der Waals surface area (Å²) in [6.07, 6.45) is -0.928. The number of nitrogens with zero attached hydrogens (tertiary/aromatic N) is 1. The van der Waals surface area contributed by atoms with Crippen LogP contribution in [-0.4, -0.2) is 66.0 Å². The summed E-state index contributed by atoms with van der Waals surface area (Å²) in [7, 11) is 0. The lowest BCUT2D eigenvalue weighted by Gasteiger charge is -2.34. The molecule has 2 unspecified atom stereocenters. The summed E-state index contributed by atoms with van der Waals surface area (Å²) in [5.74, 6) is -2.45.